The van der Waals surface area contributed by atoms with Gasteiger partial charge in [-0.3, -0.25) is 0 Å². The van der Waals surface area contributed by atoms with Gasteiger partial charge in [0.2, 0.25) is 0 Å². The molecule has 0 N–H and O–H groups in total. The van der Waals surface area contributed by atoms with Gasteiger partial charge < -0.3 is 4.74 Å². The van der Waals surface area contributed by atoms with Crippen molar-refractivity contribution in [2.45, 2.75) is 6.92 Å². The summed E-state index contributed by atoms with van der Waals surface area (Å²) in [7, 11) is 0. The Hall–Kier alpha value is -0.500. The first-order valence-corrected chi connectivity index (χ1v) is 4.03. The predicted octanol–water partition coefficient (Wildman–Crippen LogP) is 3.00. The lowest BCUT2D eigenvalue weighted by Gasteiger charge is -1.87. The Balaban J connectivity index is 3.32. The number of hydrogen-bond acceptors (Lipinski definition) is 1. The summed E-state index contributed by atoms with van der Waals surface area (Å²) in [5.74, 6) is 0. The Morgan fingerprint density at radius 3 is 2.50 bits per heavy atom. The van der Waals surface area contributed by atoms with Crippen LogP contribution < -0.4 is 0 Å². The quantitative estimate of drug-likeness (QED) is 0.504. The van der Waals surface area contributed by atoms with Crippen molar-refractivity contribution in [2.24, 2.45) is 0 Å². The van der Waals surface area contributed by atoms with E-state index in [2.05, 4.69) is 15.9 Å². The van der Waals surface area contributed by atoms with Crippen molar-refractivity contribution >= 4 is 15.9 Å². The van der Waals surface area contributed by atoms with Crippen LogP contribution in [0.4, 0.5) is 0 Å². The maximum absolute atomic E-state index is 4.95. The van der Waals surface area contributed by atoms with Gasteiger partial charge in [0.05, 0.1) is 12.9 Å². The molecule has 1 nitrogen and oxygen atoms in total. The number of ether oxygens (including phenoxy) is 1. The first-order chi connectivity index (χ1) is 4.91. The Kier molecular flexibility index (Phi) is 8.07. The van der Waals surface area contributed by atoms with E-state index in [1.54, 1.807) is 11.2 Å². The Morgan fingerprint density at radius 2 is 1.90 bits per heavy atom. The third kappa shape index (κ3) is 7.50. The van der Waals surface area contributed by atoms with Gasteiger partial charge in [0.25, 0.3) is 0 Å². The third-order valence-electron chi connectivity index (χ3n) is 0.748. The standard InChI is InChI=1S/C8H11BrO/c1-2-10-8-6-4-3-5-7-9/h3-8H,2H2,1H3/b4-3+,7-5+,8-6+. The van der Waals surface area contributed by atoms with Crippen molar-refractivity contribution < 1.29 is 4.74 Å². The van der Waals surface area contributed by atoms with Crippen molar-refractivity contribution in [1.29, 1.82) is 0 Å². The van der Waals surface area contributed by atoms with E-state index in [9.17, 15) is 0 Å². The average molecular weight is 203 g/mol. The monoisotopic (exact) mass is 202 g/mol. The fourth-order valence-electron chi connectivity index (χ4n) is 0.367. The van der Waals surface area contributed by atoms with Crippen molar-refractivity contribution in [1.82, 2.24) is 0 Å². The van der Waals surface area contributed by atoms with Crippen LogP contribution in [0.2, 0.25) is 0 Å². The molecule has 2 heteroatoms. The maximum Gasteiger partial charge on any atom is 0.0845 e. The lowest BCUT2D eigenvalue weighted by Crippen LogP contribution is -1.74. The lowest BCUT2D eigenvalue weighted by atomic mass is 10.5. The summed E-state index contributed by atoms with van der Waals surface area (Å²) in [4.78, 5) is 1.79. The second kappa shape index (κ2) is 8.50. The molecule has 0 unspecified atom stereocenters. The topological polar surface area (TPSA) is 9.23 Å². The second-order valence-corrected chi connectivity index (χ2v) is 2.02. The zero-order valence-corrected chi connectivity index (χ0v) is 7.54. The minimum absolute atomic E-state index is 0.721. The van der Waals surface area contributed by atoms with Gasteiger partial charge in [-0.15, -0.1) is 0 Å². The number of hydrogen-bond donors (Lipinski definition) is 0. The highest BCUT2D eigenvalue weighted by Gasteiger charge is 1.64. The van der Waals surface area contributed by atoms with Gasteiger partial charge in [0.1, 0.15) is 0 Å². The molecule has 0 saturated heterocycles. The molecule has 0 bridgehead atoms. The molecule has 0 spiro atoms. The number of halogens is 1. The van der Waals surface area contributed by atoms with E-state index in [0.29, 0.717) is 0 Å². The van der Waals surface area contributed by atoms with Crippen molar-refractivity contribution in [3.63, 3.8) is 0 Å². The largest absolute Gasteiger partial charge is 0.501 e. The number of allylic oxidation sites excluding steroid dienone is 4. The van der Waals surface area contributed by atoms with E-state index in [1.807, 2.05) is 31.2 Å². The van der Waals surface area contributed by atoms with Gasteiger partial charge in [-0.05, 0) is 18.0 Å². The highest BCUT2D eigenvalue weighted by Crippen LogP contribution is 1.85. The number of rotatable bonds is 4. The smallest absolute Gasteiger partial charge is 0.0845 e. The van der Waals surface area contributed by atoms with Gasteiger partial charge in [-0.2, -0.15) is 0 Å². The van der Waals surface area contributed by atoms with Gasteiger partial charge in [0.15, 0.2) is 0 Å². The first kappa shape index (κ1) is 9.50. The summed E-state index contributed by atoms with van der Waals surface area (Å²) in [5.41, 5.74) is 0. The fraction of sp³-hybridized carbons (Fsp3) is 0.250. The van der Waals surface area contributed by atoms with E-state index in [1.165, 1.54) is 0 Å². The summed E-state index contributed by atoms with van der Waals surface area (Å²) >= 11 is 3.15. The van der Waals surface area contributed by atoms with Crippen LogP contribution in [0.5, 0.6) is 0 Å². The molecule has 0 radical (unpaired) electrons. The summed E-state index contributed by atoms with van der Waals surface area (Å²) < 4.78 is 4.95. The van der Waals surface area contributed by atoms with Gasteiger partial charge in [-0.1, -0.05) is 34.2 Å². The Bertz CT molecular complexity index is 136. The van der Waals surface area contributed by atoms with Crippen molar-refractivity contribution in [2.75, 3.05) is 6.61 Å². The zero-order valence-electron chi connectivity index (χ0n) is 5.96. The van der Waals surface area contributed by atoms with Gasteiger partial charge in [0, 0.05) is 0 Å². The molecule has 0 aromatic heterocycles. The summed E-state index contributed by atoms with van der Waals surface area (Å²) in [6.07, 6.45) is 9.20. The van der Waals surface area contributed by atoms with E-state index in [0.717, 1.165) is 6.61 Å². The Morgan fingerprint density at radius 1 is 1.20 bits per heavy atom. The average Bonchev–Trinajstić information content (AvgIpc) is 1.97. The fourth-order valence-corrected chi connectivity index (χ4v) is 0.544. The molecule has 0 saturated carbocycles. The van der Waals surface area contributed by atoms with Crippen LogP contribution in [-0.4, -0.2) is 6.61 Å². The molecule has 0 heterocycles. The summed E-state index contributed by atoms with van der Waals surface area (Å²) in [6, 6.07) is 0. The van der Waals surface area contributed by atoms with Crippen LogP contribution in [0.3, 0.4) is 0 Å². The van der Waals surface area contributed by atoms with Crippen molar-refractivity contribution in [3.05, 3.63) is 35.6 Å². The van der Waals surface area contributed by atoms with E-state index >= 15 is 0 Å². The van der Waals surface area contributed by atoms with Gasteiger partial charge in [-0.25, -0.2) is 0 Å². The molecule has 0 aliphatic heterocycles. The van der Waals surface area contributed by atoms with E-state index in [-0.39, 0.29) is 0 Å². The van der Waals surface area contributed by atoms with Crippen LogP contribution >= 0.6 is 15.9 Å². The molecule has 0 aromatic rings. The molecule has 0 aliphatic carbocycles. The maximum atomic E-state index is 4.95. The summed E-state index contributed by atoms with van der Waals surface area (Å²) in [6.45, 7) is 2.67. The molecule has 0 rings (SSSR count). The molecule has 0 fully saturated rings. The molecule has 0 aliphatic rings. The second-order valence-electron chi connectivity index (χ2n) is 1.49. The highest BCUT2D eigenvalue weighted by molar-refractivity contribution is 9.11. The van der Waals surface area contributed by atoms with Crippen LogP contribution in [0.1, 0.15) is 6.92 Å². The highest BCUT2D eigenvalue weighted by atomic mass is 79.9. The zero-order chi connectivity index (χ0) is 7.66. The molecule has 56 valence electrons. The molecule has 0 aromatic carbocycles. The minimum atomic E-state index is 0.721. The first-order valence-electron chi connectivity index (χ1n) is 3.12. The van der Waals surface area contributed by atoms with Crippen LogP contribution in [0, 0.1) is 0 Å². The molecule has 10 heavy (non-hydrogen) atoms. The summed E-state index contributed by atoms with van der Waals surface area (Å²) in [5, 5.41) is 0. The molecular weight excluding hydrogens is 192 g/mol. The van der Waals surface area contributed by atoms with Crippen molar-refractivity contribution in [3.8, 4) is 0 Å². The van der Waals surface area contributed by atoms with E-state index < -0.39 is 0 Å². The van der Waals surface area contributed by atoms with Crippen LogP contribution in [0.15, 0.2) is 35.6 Å². The van der Waals surface area contributed by atoms with Gasteiger partial charge >= 0.3 is 0 Å². The molecule has 0 amide bonds. The Labute approximate surface area is 70.2 Å². The van der Waals surface area contributed by atoms with Crippen LogP contribution in [-0.2, 0) is 4.74 Å². The molecule has 0 atom stereocenters. The minimum Gasteiger partial charge on any atom is -0.501 e. The molecular formula is C8H11BrO. The SMILES string of the molecule is CCO/C=C/C=C/C=C/Br. The van der Waals surface area contributed by atoms with E-state index in [4.69, 9.17) is 4.74 Å². The lowest BCUT2D eigenvalue weighted by molar-refractivity contribution is 0.269. The third-order valence-corrected chi connectivity index (χ3v) is 1.05. The predicted molar refractivity (Wildman–Crippen MR) is 48.0 cm³/mol. The normalized spacial score (nSPS) is 12.2. The van der Waals surface area contributed by atoms with Crippen LogP contribution in [0.25, 0.3) is 0 Å².